The van der Waals surface area contributed by atoms with Gasteiger partial charge in [0.2, 0.25) is 6.17 Å². The van der Waals surface area contributed by atoms with Crippen molar-refractivity contribution in [3.63, 3.8) is 0 Å². The molecule has 3 amide bonds. The lowest BCUT2D eigenvalue weighted by atomic mass is 10.0. The number of likely N-dealkylation sites (N-methyl/N-ethyl adjacent to an activating group) is 1. The Kier molecular flexibility index (Phi) is 8.02. The van der Waals surface area contributed by atoms with Crippen molar-refractivity contribution in [2.75, 3.05) is 23.0 Å². The smallest absolute Gasteiger partial charge is 0.321 e. The molecular weight excluding hydrogens is 476 g/mol. The van der Waals surface area contributed by atoms with E-state index in [0.717, 1.165) is 16.7 Å². The molecule has 36 heavy (non-hydrogen) atoms. The molecule has 184 valence electrons. The van der Waals surface area contributed by atoms with Crippen LogP contribution in [-0.4, -0.2) is 47.7 Å². The lowest BCUT2D eigenvalue weighted by Gasteiger charge is -2.21. The summed E-state index contributed by atoms with van der Waals surface area (Å²) in [6.07, 6.45) is -1.02. The van der Waals surface area contributed by atoms with Gasteiger partial charge in [0.15, 0.2) is 0 Å². The predicted molar refractivity (Wildman–Crippen MR) is 143 cm³/mol. The molecule has 3 aromatic carbocycles. The van der Waals surface area contributed by atoms with Gasteiger partial charge in [0.1, 0.15) is 0 Å². The monoisotopic (exact) mass is 502 g/mol. The molecule has 1 aliphatic heterocycles. The van der Waals surface area contributed by atoms with Crippen LogP contribution in [0, 0.1) is 0 Å². The largest absolute Gasteiger partial charge is 0.481 e. The number of benzene rings is 3. The summed E-state index contributed by atoms with van der Waals surface area (Å²) in [4.78, 5) is 43.0. The maximum absolute atomic E-state index is 13.3. The van der Waals surface area contributed by atoms with Crippen LogP contribution in [0.15, 0.2) is 83.9 Å². The average molecular weight is 503 g/mol. The Hall–Kier alpha value is -4.11. The number of carboxylic acid groups (broad SMARTS) is 1. The molecule has 1 atom stereocenters. The minimum atomic E-state index is -1.12. The van der Waals surface area contributed by atoms with Gasteiger partial charge in [-0.05, 0) is 23.8 Å². The topological polar surface area (TPSA) is 111 Å². The second kappa shape index (κ2) is 11.5. The number of urea groups is 1. The average Bonchev–Trinajstić information content (AvgIpc) is 2.98. The first kappa shape index (κ1) is 25.0. The number of aliphatic carboxylic acids is 1. The molecule has 0 spiro atoms. The highest BCUT2D eigenvalue weighted by atomic mass is 32.2. The van der Waals surface area contributed by atoms with Crippen LogP contribution in [0.1, 0.15) is 23.1 Å². The van der Waals surface area contributed by atoms with Gasteiger partial charge in [0.25, 0.3) is 5.91 Å². The van der Waals surface area contributed by atoms with Crippen LogP contribution in [0.25, 0.3) is 0 Å². The third-order valence-corrected chi connectivity index (χ3v) is 6.60. The number of rotatable bonds is 8. The zero-order valence-electron chi connectivity index (χ0n) is 19.7. The SMILES string of the molecule is CN1C(=O)[C@H](NC(=O)Nc2cccc(CSCCC(=O)O)c2)N=C(c2ccccc2)c2ccccc21. The minimum Gasteiger partial charge on any atom is -0.481 e. The standard InChI is InChI=1S/C27H26N4O4S/c1-31-22-13-6-5-12-21(22)24(19-9-3-2-4-10-19)29-25(26(31)34)30-27(35)28-20-11-7-8-18(16-20)17-36-15-14-23(32)33/h2-13,16,25H,14-15,17H2,1H3,(H,32,33)(H2,28,30,35)/t25-/m0/s1. The molecule has 0 aromatic heterocycles. The van der Waals surface area contributed by atoms with Crippen LogP contribution in [0.2, 0.25) is 0 Å². The van der Waals surface area contributed by atoms with Crippen LogP contribution >= 0.6 is 11.8 Å². The van der Waals surface area contributed by atoms with Crippen LogP contribution in [-0.2, 0) is 15.3 Å². The summed E-state index contributed by atoms with van der Waals surface area (Å²) in [7, 11) is 1.67. The molecule has 4 rings (SSSR count). The number of aliphatic imine (C=N–C) groups is 1. The summed E-state index contributed by atoms with van der Waals surface area (Å²) >= 11 is 1.51. The van der Waals surface area contributed by atoms with Crippen molar-refractivity contribution in [2.24, 2.45) is 4.99 Å². The maximum Gasteiger partial charge on any atom is 0.321 e. The fraction of sp³-hybridized carbons (Fsp3) is 0.185. The zero-order valence-corrected chi connectivity index (χ0v) is 20.5. The van der Waals surface area contributed by atoms with Gasteiger partial charge in [0, 0.05) is 35.4 Å². The third-order valence-electron chi connectivity index (χ3n) is 5.57. The number of hydrogen-bond donors (Lipinski definition) is 3. The van der Waals surface area contributed by atoms with E-state index in [4.69, 9.17) is 5.11 Å². The first-order valence-corrected chi connectivity index (χ1v) is 12.5. The van der Waals surface area contributed by atoms with Gasteiger partial charge in [-0.15, -0.1) is 0 Å². The van der Waals surface area contributed by atoms with Gasteiger partial charge in [-0.3, -0.25) is 9.59 Å². The van der Waals surface area contributed by atoms with Crippen LogP contribution in [0.5, 0.6) is 0 Å². The van der Waals surface area contributed by atoms with Gasteiger partial charge >= 0.3 is 12.0 Å². The van der Waals surface area contributed by atoms with Crippen molar-refractivity contribution in [1.29, 1.82) is 0 Å². The maximum atomic E-state index is 13.3. The number of benzodiazepines with no additional fused rings is 1. The number of para-hydroxylation sites is 1. The lowest BCUT2D eigenvalue weighted by Crippen LogP contribution is -2.47. The molecule has 0 bridgehead atoms. The Balaban J connectivity index is 1.51. The predicted octanol–water partition coefficient (Wildman–Crippen LogP) is 4.36. The number of nitrogens with one attached hydrogen (secondary N) is 2. The Labute approximate surface area is 213 Å². The van der Waals surface area contributed by atoms with E-state index in [0.29, 0.717) is 28.6 Å². The van der Waals surface area contributed by atoms with Crippen LogP contribution in [0.3, 0.4) is 0 Å². The van der Waals surface area contributed by atoms with Crippen molar-refractivity contribution >= 4 is 46.8 Å². The highest BCUT2D eigenvalue weighted by molar-refractivity contribution is 7.98. The van der Waals surface area contributed by atoms with E-state index in [1.54, 1.807) is 13.1 Å². The summed E-state index contributed by atoms with van der Waals surface area (Å²) < 4.78 is 0. The molecule has 0 aliphatic carbocycles. The molecule has 0 saturated heterocycles. The molecule has 3 N–H and O–H groups in total. The molecule has 0 radical (unpaired) electrons. The fourth-order valence-electron chi connectivity index (χ4n) is 3.82. The second-order valence-corrected chi connectivity index (χ2v) is 9.26. The summed E-state index contributed by atoms with van der Waals surface area (Å²) in [6, 6.07) is 23.8. The van der Waals surface area contributed by atoms with Crippen molar-refractivity contribution in [2.45, 2.75) is 18.3 Å². The normalized spacial score (nSPS) is 14.9. The summed E-state index contributed by atoms with van der Waals surface area (Å²) in [5, 5.41) is 14.3. The van der Waals surface area contributed by atoms with Crippen molar-refractivity contribution in [3.05, 3.63) is 95.6 Å². The van der Waals surface area contributed by atoms with E-state index >= 15 is 0 Å². The first-order valence-electron chi connectivity index (χ1n) is 11.4. The number of carboxylic acids is 1. The Morgan fingerprint density at radius 3 is 2.56 bits per heavy atom. The van der Waals surface area contributed by atoms with E-state index in [1.807, 2.05) is 72.8 Å². The van der Waals surface area contributed by atoms with Crippen LogP contribution < -0.4 is 15.5 Å². The van der Waals surface area contributed by atoms with Crippen molar-refractivity contribution in [3.8, 4) is 0 Å². The van der Waals surface area contributed by atoms with E-state index < -0.39 is 18.2 Å². The van der Waals surface area contributed by atoms with Crippen molar-refractivity contribution in [1.82, 2.24) is 5.32 Å². The van der Waals surface area contributed by atoms with E-state index in [-0.39, 0.29) is 12.3 Å². The Bertz CT molecular complexity index is 1300. The highest BCUT2D eigenvalue weighted by Crippen LogP contribution is 2.27. The number of hydrogen-bond acceptors (Lipinski definition) is 5. The van der Waals surface area contributed by atoms with Gasteiger partial charge in [-0.25, -0.2) is 9.79 Å². The molecule has 0 saturated carbocycles. The third kappa shape index (κ3) is 6.11. The van der Waals surface area contributed by atoms with Crippen molar-refractivity contribution < 1.29 is 19.5 Å². The molecule has 8 nitrogen and oxygen atoms in total. The number of anilines is 2. The highest BCUT2D eigenvalue weighted by Gasteiger charge is 2.30. The number of nitrogens with zero attached hydrogens (tertiary/aromatic N) is 2. The number of amides is 3. The molecule has 3 aromatic rings. The Morgan fingerprint density at radius 2 is 1.78 bits per heavy atom. The molecule has 0 fully saturated rings. The van der Waals surface area contributed by atoms with Gasteiger partial charge in [-0.1, -0.05) is 60.7 Å². The Morgan fingerprint density at radius 1 is 1.03 bits per heavy atom. The van der Waals surface area contributed by atoms with E-state index in [2.05, 4.69) is 15.6 Å². The lowest BCUT2D eigenvalue weighted by molar-refractivity contribution is -0.136. The fourth-order valence-corrected chi connectivity index (χ4v) is 4.70. The summed E-state index contributed by atoms with van der Waals surface area (Å²) in [5.74, 6) is -0.0459. The van der Waals surface area contributed by atoms with Gasteiger partial charge < -0.3 is 20.6 Å². The molecular formula is C27H26N4O4S. The quantitative estimate of drug-likeness (QED) is 0.397. The first-order chi connectivity index (χ1) is 17.4. The molecule has 9 heteroatoms. The number of carbonyl (C=O) groups excluding carboxylic acids is 2. The number of fused-ring (bicyclic) bond motifs is 1. The van der Waals surface area contributed by atoms with E-state index in [9.17, 15) is 14.4 Å². The van der Waals surface area contributed by atoms with E-state index in [1.165, 1.54) is 16.7 Å². The number of carbonyl (C=O) groups is 3. The van der Waals surface area contributed by atoms with Gasteiger partial charge in [0.05, 0.1) is 17.8 Å². The second-order valence-electron chi connectivity index (χ2n) is 8.16. The number of thioether (sulfide) groups is 1. The summed E-state index contributed by atoms with van der Waals surface area (Å²) in [6.45, 7) is 0. The molecule has 0 unspecified atom stereocenters. The van der Waals surface area contributed by atoms with Gasteiger partial charge in [-0.2, -0.15) is 11.8 Å². The van der Waals surface area contributed by atoms with Crippen LogP contribution in [0.4, 0.5) is 16.2 Å². The summed E-state index contributed by atoms with van der Waals surface area (Å²) in [5.41, 5.74) is 4.49. The minimum absolute atomic E-state index is 0.101. The molecule has 1 heterocycles. The zero-order chi connectivity index (χ0) is 25.5. The molecule has 1 aliphatic rings.